The van der Waals surface area contributed by atoms with Crippen LogP contribution in [0, 0.1) is 0 Å². The highest BCUT2D eigenvalue weighted by Gasteiger charge is 2.12. The Balaban J connectivity index is 2.65. The van der Waals surface area contributed by atoms with Crippen LogP contribution < -0.4 is 15.8 Å². The van der Waals surface area contributed by atoms with Gasteiger partial charge in [0.2, 0.25) is 5.91 Å². The molecule has 0 saturated heterocycles. The fraction of sp³-hybridized carbons (Fsp3) is 0.364. The lowest BCUT2D eigenvalue weighted by molar-refractivity contribution is -0.120. The summed E-state index contributed by atoms with van der Waals surface area (Å²) >= 11 is 0. The summed E-state index contributed by atoms with van der Waals surface area (Å²) in [5, 5.41) is 12.4. The lowest BCUT2D eigenvalue weighted by atomic mass is 10.1. The van der Waals surface area contributed by atoms with Crippen molar-refractivity contribution in [2.24, 2.45) is 5.73 Å². The van der Waals surface area contributed by atoms with Crippen molar-refractivity contribution in [3.63, 3.8) is 0 Å². The molecule has 0 heterocycles. The molecule has 0 aromatic heterocycles. The number of aliphatic hydroxyl groups excluding tert-OH is 1. The molecule has 1 aromatic carbocycles. The summed E-state index contributed by atoms with van der Waals surface area (Å²) in [6.07, 6.45) is -0.799. The number of para-hydroxylation sites is 1. The van der Waals surface area contributed by atoms with Gasteiger partial charge in [0.15, 0.2) is 0 Å². The number of benzene rings is 1. The van der Waals surface area contributed by atoms with Crippen LogP contribution in [0.4, 0.5) is 0 Å². The quantitative estimate of drug-likeness (QED) is 0.647. The number of carbonyl (C=O) groups is 1. The minimum absolute atomic E-state index is 0.0847. The Hall–Kier alpha value is -1.59. The molecule has 0 spiro atoms. The molecule has 0 bridgehead atoms. The number of hydrogen-bond acceptors (Lipinski definition) is 4. The summed E-state index contributed by atoms with van der Waals surface area (Å²) in [6.45, 7) is 0.0368. The number of hydrogen-bond donors (Lipinski definition) is 3. The molecule has 1 atom stereocenters. The second-order valence-electron chi connectivity index (χ2n) is 3.27. The largest absolute Gasteiger partial charge is 0.496 e. The van der Waals surface area contributed by atoms with Crippen LogP contribution in [0.15, 0.2) is 24.3 Å². The monoisotopic (exact) mass is 224 g/mol. The Kier molecular flexibility index (Phi) is 4.75. The fourth-order valence-corrected chi connectivity index (χ4v) is 1.33. The Bertz CT molecular complexity index is 355. The van der Waals surface area contributed by atoms with Crippen molar-refractivity contribution in [2.45, 2.75) is 6.10 Å². The van der Waals surface area contributed by atoms with Crippen molar-refractivity contribution >= 4 is 5.91 Å². The summed E-state index contributed by atoms with van der Waals surface area (Å²) in [4.78, 5) is 10.9. The second kappa shape index (κ2) is 6.09. The zero-order valence-corrected chi connectivity index (χ0v) is 9.14. The van der Waals surface area contributed by atoms with E-state index in [0.717, 1.165) is 0 Å². The SMILES string of the molecule is COc1ccccc1C(O)CNC(=O)CN. The first-order chi connectivity index (χ1) is 7.69. The van der Waals surface area contributed by atoms with E-state index in [9.17, 15) is 9.90 Å². The summed E-state index contributed by atoms with van der Waals surface area (Å²) in [7, 11) is 1.53. The molecule has 0 aliphatic heterocycles. The van der Waals surface area contributed by atoms with Gasteiger partial charge in [0, 0.05) is 12.1 Å². The van der Waals surface area contributed by atoms with Crippen LogP contribution in [0.5, 0.6) is 5.75 Å². The number of nitrogens with one attached hydrogen (secondary N) is 1. The molecule has 5 nitrogen and oxygen atoms in total. The van der Waals surface area contributed by atoms with Crippen molar-refractivity contribution < 1.29 is 14.6 Å². The Morgan fingerprint density at radius 2 is 2.25 bits per heavy atom. The molecule has 5 heteroatoms. The van der Waals surface area contributed by atoms with Gasteiger partial charge in [0.25, 0.3) is 0 Å². The molecule has 4 N–H and O–H groups in total. The Morgan fingerprint density at radius 1 is 1.56 bits per heavy atom. The smallest absolute Gasteiger partial charge is 0.233 e. The van der Waals surface area contributed by atoms with Crippen LogP contribution in [0.1, 0.15) is 11.7 Å². The van der Waals surface area contributed by atoms with Gasteiger partial charge in [0.1, 0.15) is 5.75 Å². The molecule has 16 heavy (non-hydrogen) atoms. The minimum Gasteiger partial charge on any atom is -0.496 e. The third-order valence-corrected chi connectivity index (χ3v) is 2.18. The maximum absolute atomic E-state index is 10.9. The molecule has 88 valence electrons. The number of rotatable bonds is 5. The van der Waals surface area contributed by atoms with Gasteiger partial charge >= 0.3 is 0 Å². The van der Waals surface area contributed by atoms with Crippen molar-refractivity contribution in [2.75, 3.05) is 20.2 Å². The highest BCUT2D eigenvalue weighted by Crippen LogP contribution is 2.23. The van der Waals surface area contributed by atoms with Gasteiger partial charge in [-0.1, -0.05) is 18.2 Å². The molecular formula is C11H16N2O3. The minimum atomic E-state index is -0.799. The van der Waals surface area contributed by atoms with E-state index in [-0.39, 0.29) is 19.0 Å². The number of carbonyl (C=O) groups excluding carboxylic acids is 1. The van der Waals surface area contributed by atoms with Crippen molar-refractivity contribution in [1.82, 2.24) is 5.32 Å². The van der Waals surface area contributed by atoms with Crippen molar-refractivity contribution in [3.05, 3.63) is 29.8 Å². The first-order valence-electron chi connectivity index (χ1n) is 4.96. The maximum atomic E-state index is 10.9. The van der Waals surface area contributed by atoms with E-state index in [1.807, 2.05) is 6.07 Å². The molecule has 0 radical (unpaired) electrons. The van der Waals surface area contributed by atoms with Gasteiger partial charge in [-0.3, -0.25) is 4.79 Å². The lowest BCUT2D eigenvalue weighted by Gasteiger charge is -2.14. The highest BCUT2D eigenvalue weighted by atomic mass is 16.5. The molecular weight excluding hydrogens is 208 g/mol. The molecule has 0 fully saturated rings. The average molecular weight is 224 g/mol. The molecule has 1 aromatic rings. The Labute approximate surface area is 94.2 Å². The van der Waals surface area contributed by atoms with E-state index in [4.69, 9.17) is 10.5 Å². The van der Waals surface area contributed by atoms with Gasteiger partial charge in [-0.15, -0.1) is 0 Å². The topological polar surface area (TPSA) is 84.6 Å². The highest BCUT2D eigenvalue weighted by molar-refractivity contribution is 5.77. The van der Waals surface area contributed by atoms with Gasteiger partial charge in [-0.05, 0) is 6.07 Å². The number of amides is 1. The first-order valence-corrected chi connectivity index (χ1v) is 4.96. The van der Waals surface area contributed by atoms with Crippen molar-refractivity contribution in [1.29, 1.82) is 0 Å². The predicted octanol–water partition coefficient (Wildman–Crippen LogP) is -0.197. The molecule has 1 unspecified atom stereocenters. The normalized spacial score (nSPS) is 11.9. The first kappa shape index (κ1) is 12.5. The van der Waals surface area contributed by atoms with E-state index < -0.39 is 6.10 Å². The standard InChI is InChI=1S/C11H16N2O3/c1-16-10-5-3-2-4-8(10)9(14)7-13-11(15)6-12/h2-5,9,14H,6-7,12H2,1H3,(H,13,15). The number of methoxy groups -OCH3 is 1. The molecule has 0 saturated carbocycles. The molecule has 0 aliphatic rings. The zero-order chi connectivity index (χ0) is 12.0. The number of nitrogens with two attached hydrogens (primary N) is 1. The molecule has 1 rings (SSSR count). The fourth-order valence-electron chi connectivity index (χ4n) is 1.33. The van der Waals surface area contributed by atoms with Crippen LogP contribution >= 0.6 is 0 Å². The number of aliphatic hydroxyl groups is 1. The van der Waals surface area contributed by atoms with E-state index in [1.54, 1.807) is 18.2 Å². The summed E-state index contributed by atoms with van der Waals surface area (Å²) in [5.41, 5.74) is 5.78. The van der Waals surface area contributed by atoms with E-state index in [0.29, 0.717) is 11.3 Å². The number of ether oxygens (including phenoxy) is 1. The molecule has 0 aliphatic carbocycles. The lowest BCUT2D eigenvalue weighted by Crippen LogP contribution is -2.33. The van der Waals surface area contributed by atoms with Gasteiger partial charge in [0.05, 0.1) is 19.8 Å². The van der Waals surface area contributed by atoms with E-state index in [1.165, 1.54) is 7.11 Å². The summed E-state index contributed by atoms with van der Waals surface area (Å²) in [5.74, 6) is 0.297. The van der Waals surface area contributed by atoms with Crippen LogP contribution in [0.3, 0.4) is 0 Å². The van der Waals surface area contributed by atoms with Gasteiger partial charge < -0.3 is 20.9 Å². The molecule has 1 amide bonds. The third kappa shape index (κ3) is 3.22. The van der Waals surface area contributed by atoms with Crippen LogP contribution in [-0.2, 0) is 4.79 Å². The Morgan fingerprint density at radius 3 is 2.88 bits per heavy atom. The second-order valence-corrected chi connectivity index (χ2v) is 3.27. The third-order valence-electron chi connectivity index (χ3n) is 2.18. The summed E-state index contributed by atoms with van der Waals surface area (Å²) in [6, 6.07) is 7.11. The maximum Gasteiger partial charge on any atom is 0.233 e. The zero-order valence-electron chi connectivity index (χ0n) is 9.14. The van der Waals surface area contributed by atoms with Crippen LogP contribution in [-0.4, -0.2) is 31.2 Å². The predicted molar refractivity (Wildman–Crippen MR) is 60.0 cm³/mol. The van der Waals surface area contributed by atoms with Crippen LogP contribution in [0.25, 0.3) is 0 Å². The van der Waals surface area contributed by atoms with Crippen LogP contribution in [0.2, 0.25) is 0 Å². The van der Waals surface area contributed by atoms with Gasteiger partial charge in [-0.2, -0.15) is 0 Å². The van der Waals surface area contributed by atoms with Crippen molar-refractivity contribution in [3.8, 4) is 5.75 Å². The summed E-state index contributed by atoms with van der Waals surface area (Å²) < 4.78 is 5.10. The average Bonchev–Trinajstić information content (AvgIpc) is 2.35. The van der Waals surface area contributed by atoms with E-state index in [2.05, 4.69) is 5.32 Å². The van der Waals surface area contributed by atoms with Gasteiger partial charge in [-0.25, -0.2) is 0 Å². The van der Waals surface area contributed by atoms with E-state index >= 15 is 0 Å².